The Labute approximate surface area is 188 Å². The van der Waals surface area contributed by atoms with E-state index in [1.807, 2.05) is 76.2 Å². The molecule has 0 spiro atoms. The predicted molar refractivity (Wildman–Crippen MR) is 124 cm³/mol. The minimum atomic E-state index is -0.187. The quantitative estimate of drug-likeness (QED) is 0.682. The van der Waals surface area contributed by atoms with Gasteiger partial charge in [-0.1, -0.05) is 0 Å². The van der Waals surface area contributed by atoms with Gasteiger partial charge >= 0.3 is 0 Å². The van der Waals surface area contributed by atoms with E-state index in [9.17, 15) is 9.59 Å². The molecule has 6 nitrogen and oxygen atoms in total. The molecule has 0 radical (unpaired) electrons. The van der Waals surface area contributed by atoms with Crippen LogP contribution in [0.15, 0.2) is 59.7 Å². The summed E-state index contributed by atoms with van der Waals surface area (Å²) in [6.07, 6.45) is 0.135. The highest BCUT2D eigenvalue weighted by Crippen LogP contribution is 2.45. The lowest BCUT2D eigenvalue weighted by molar-refractivity contribution is -0.123. The van der Waals surface area contributed by atoms with Crippen LogP contribution in [0.4, 0.5) is 0 Å². The summed E-state index contributed by atoms with van der Waals surface area (Å²) in [5.41, 5.74) is 3.71. The highest BCUT2D eigenvalue weighted by molar-refractivity contribution is 6.30. The van der Waals surface area contributed by atoms with Crippen LogP contribution < -0.4 is 9.47 Å². The second kappa shape index (κ2) is 8.19. The zero-order chi connectivity index (χ0) is 23.2. The van der Waals surface area contributed by atoms with E-state index in [-0.39, 0.29) is 24.0 Å². The van der Waals surface area contributed by atoms with Crippen molar-refractivity contribution in [3.8, 4) is 11.5 Å². The molecule has 0 aromatic heterocycles. The van der Waals surface area contributed by atoms with Crippen LogP contribution >= 0.6 is 0 Å². The van der Waals surface area contributed by atoms with Gasteiger partial charge in [-0.25, -0.2) is 0 Å². The van der Waals surface area contributed by atoms with Crippen molar-refractivity contribution in [2.45, 2.75) is 39.9 Å². The second-order valence-corrected chi connectivity index (χ2v) is 8.56. The standard InChI is InChI=1S/C26H28N2O4/c1-15(2)31-19-11-7-17(8-12-19)23-21-22(26(30)27(23)5)24(28(6)25(21)29)18-9-13-20(14-10-18)32-16(3)4/h7-16H,1-6H3. The minimum Gasteiger partial charge on any atom is -0.491 e. The number of benzene rings is 2. The topological polar surface area (TPSA) is 59.1 Å². The van der Waals surface area contributed by atoms with Gasteiger partial charge in [-0.3, -0.25) is 9.59 Å². The number of hydrogen-bond acceptors (Lipinski definition) is 4. The predicted octanol–water partition coefficient (Wildman–Crippen LogP) is 4.33. The Bertz CT molecular complexity index is 1030. The van der Waals surface area contributed by atoms with Gasteiger partial charge in [-0.15, -0.1) is 0 Å². The van der Waals surface area contributed by atoms with Crippen molar-refractivity contribution in [2.24, 2.45) is 0 Å². The fraction of sp³-hybridized carbons (Fsp3) is 0.308. The zero-order valence-electron chi connectivity index (χ0n) is 19.3. The van der Waals surface area contributed by atoms with Crippen molar-refractivity contribution in [2.75, 3.05) is 14.1 Å². The number of nitrogens with zero attached hydrogens (tertiary/aromatic N) is 2. The molecule has 4 rings (SSSR count). The van der Waals surface area contributed by atoms with Crippen LogP contribution in [0.5, 0.6) is 11.5 Å². The molecule has 2 heterocycles. The van der Waals surface area contributed by atoms with E-state index in [4.69, 9.17) is 9.47 Å². The van der Waals surface area contributed by atoms with Gasteiger partial charge in [-0.05, 0) is 87.4 Å². The maximum absolute atomic E-state index is 13.3. The average Bonchev–Trinajstić information content (AvgIpc) is 3.14. The molecule has 0 aliphatic carbocycles. The maximum Gasteiger partial charge on any atom is 0.261 e. The summed E-state index contributed by atoms with van der Waals surface area (Å²) in [5, 5.41) is 0. The first-order chi connectivity index (χ1) is 15.2. The van der Waals surface area contributed by atoms with E-state index >= 15 is 0 Å². The van der Waals surface area contributed by atoms with Gasteiger partial charge in [0.2, 0.25) is 0 Å². The van der Waals surface area contributed by atoms with Crippen molar-refractivity contribution in [1.82, 2.24) is 9.80 Å². The monoisotopic (exact) mass is 432 g/mol. The van der Waals surface area contributed by atoms with Crippen LogP contribution in [0.3, 0.4) is 0 Å². The summed E-state index contributed by atoms with van der Waals surface area (Å²) in [6, 6.07) is 15.0. The van der Waals surface area contributed by atoms with Crippen LogP contribution in [-0.4, -0.2) is 47.9 Å². The third kappa shape index (κ3) is 3.66. The van der Waals surface area contributed by atoms with E-state index in [1.54, 1.807) is 23.9 Å². The molecule has 2 aliphatic rings. The highest BCUT2D eigenvalue weighted by Gasteiger charge is 2.46. The molecule has 2 aromatic rings. The minimum absolute atomic E-state index is 0.0677. The van der Waals surface area contributed by atoms with Gasteiger partial charge in [0, 0.05) is 14.1 Å². The molecule has 32 heavy (non-hydrogen) atoms. The molecule has 2 aliphatic heterocycles. The van der Waals surface area contributed by atoms with Crippen molar-refractivity contribution >= 4 is 23.2 Å². The molecule has 0 bridgehead atoms. The fourth-order valence-corrected chi connectivity index (χ4v) is 4.13. The Hall–Kier alpha value is -3.54. The van der Waals surface area contributed by atoms with E-state index in [0.717, 1.165) is 22.6 Å². The Morgan fingerprint density at radius 3 is 1.19 bits per heavy atom. The normalized spacial score (nSPS) is 16.1. The number of rotatable bonds is 6. The summed E-state index contributed by atoms with van der Waals surface area (Å²) >= 11 is 0. The second-order valence-electron chi connectivity index (χ2n) is 8.56. The number of carbonyl (C=O) groups excluding carboxylic acids is 2. The molecule has 166 valence electrons. The molecule has 0 N–H and O–H groups in total. The third-order valence-corrected chi connectivity index (χ3v) is 5.43. The molecule has 0 saturated carbocycles. The van der Waals surface area contributed by atoms with Gasteiger partial charge < -0.3 is 19.3 Å². The molecule has 0 unspecified atom stereocenters. The SMILES string of the molecule is CC(C)Oc1ccc(C2=C3C(=O)N(C)C(c4ccc(OC(C)C)cc4)=C3C(=O)N2C)cc1. The van der Waals surface area contributed by atoms with Gasteiger partial charge in [0.1, 0.15) is 11.5 Å². The van der Waals surface area contributed by atoms with E-state index in [0.29, 0.717) is 22.5 Å². The first-order valence-electron chi connectivity index (χ1n) is 10.8. The van der Waals surface area contributed by atoms with Gasteiger partial charge in [0.25, 0.3) is 11.8 Å². The fourth-order valence-electron chi connectivity index (χ4n) is 4.13. The van der Waals surface area contributed by atoms with Gasteiger partial charge in [0.05, 0.1) is 34.7 Å². The molecule has 0 fully saturated rings. The van der Waals surface area contributed by atoms with Crippen molar-refractivity contribution < 1.29 is 19.1 Å². The van der Waals surface area contributed by atoms with Gasteiger partial charge in [0.15, 0.2) is 0 Å². The lowest BCUT2D eigenvalue weighted by Crippen LogP contribution is -2.25. The zero-order valence-corrected chi connectivity index (χ0v) is 19.3. The Kier molecular flexibility index (Phi) is 5.55. The summed E-state index contributed by atoms with van der Waals surface area (Å²) < 4.78 is 11.4. The van der Waals surface area contributed by atoms with Crippen molar-refractivity contribution in [1.29, 1.82) is 0 Å². The Morgan fingerprint density at radius 1 is 0.594 bits per heavy atom. The summed E-state index contributed by atoms with van der Waals surface area (Å²) in [7, 11) is 3.41. The largest absolute Gasteiger partial charge is 0.491 e. The third-order valence-electron chi connectivity index (χ3n) is 5.43. The van der Waals surface area contributed by atoms with Gasteiger partial charge in [-0.2, -0.15) is 0 Å². The number of hydrogen-bond donors (Lipinski definition) is 0. The number of ether oxygens (including phenoxy) is 2. The molecule has 2 amide bonds. The van der Waals surface area contributed by atoms with Crippen LogP contribution in [0.25, 0.3) is 11.4 Å². The maximum atomic E-state index is 13.3. The number of amides is 2. The summed E-state index contributed by atoms with van der Waals surface area (Å²) in [6.45, 7) is 7.87. The summed E-state index contributed by atoms with van der Waals surface area (Å²) in [5.74, 6) is 1.12. The molecule has 6 heteroatoms. The van der Waals surface area contributed by atoms with Crippen LogP contribution in [0, 0.1) is 0 Å². The highest BCUT2D eigenvalue weighted by atomic mass is 16.5. The summed E-state index contributed by atoms with van der Waals surface area (Å²) in [4.78, 5) is 29.7. The lowest BCUT2D eigenvalue weighted by atomic mass is 10.0. The van der Waals surface area contributed by atoms with Crippen LogP contribution in [0.2, 0.25) is 0 Å². The number of fused-ring (bicyclic) bond motifs is 1. The Morgan fingerprint density at radius 2 is 0.906 bits per heavy atom. The van der Waals surface area contributed by atoms with Crippen LogP contribution in [0.1, 0.15) is 38.8 Å². The molecule has 0 atom stereocenters. The number of carbonyl (C=O) groups is 2. The van der Waals surface area contributed by atoms with E-state index < -0.39 is 0 Å². The van der Waals surface area contributed by atoms with Crippen molar-refractivity contribution in [3.63, 3.8) is 0 Å². The molecule has 2 aromatic carbocycles. The first kappa shape index (κ1) is 21.7. The molecular formula is C26H28N2O4. The first-order valence-corrected chi connectivity index (χ1v) is 10.8. The Balaban J connectivity index is 1.79. The van der Waals surface area contributed by atoms with Crippen molar-refractivity contribution in [3.05, 3.63) is 70.8 Å². The molecule has 0 saturated heterocycles. The van der Waals surface area contributed by atoms with E-state index in [1.165, 1.54) is 0 Å². The number of likely N-dealkylation sites (N-methyl/N-ethyl adjacent to an activating group) is 2. The smallest absolute Gasteiger partial charge is 0.261 e. The average molecular weight is 433 g/mol. The molecular weight excluding hydrogens is 404 g/mol. The lowest BCUT2D eigenvalue weighted by Gasteiger charge is -2.20. The van der Waals surface area contributed by atoms with Crippen LogP contribution in [-0.2, 0) is 9.59 Å². The van der Waals surface area contributed by atoms with E-state index in [2.05, 4.69) is 0 Å².